The lowest BCUT2D eigenvalue weighted by molar-refractivity contribution is -0.161. The highest BCUT2D eigenvalue weighted by Gasteiger charge is 2.28. The van der Waals surface area contributed by atoms with E-state index in [0.29, 0.717) is 12.8 Å². The van der Waals surface area contributed by atoms with E-state index in [1.807, 2.05) is 0 Å². The molecule has 0 rings (SSSR count). The van der Waals surface area contributed by atoms with Crippen LogP contribution in [0.3, 0.4) is 0 Å². The van der Waals surface area contributed by atoms with Gasteiger partial charge in [0.05, 0.1) is 13.2 Å². The van der Waals surface area contributed by atoms with Crippen LogP contribution in [0, 0.1) is 0 Å². The molecule has 12 heteroatoms. The topological polar surface area (TPSA) is 172 Å². The highest BCUT2D eigenvalue weighted by atomic mass is 31.2. The average molecular weight is 810 g/mol. The molecule has 322 valence electrons. The number of esters is 2. The zero-order chi connectivity index (χ0) is 41.4. The van der Waals surface area contributed by atoms with Crippen molar-refractivity contribution in [3.63, 3.8) is 0 Å². The first kappa shape index (κ1) is 53.2. The van der Waals surface area contributed by atoms with Crippen LogP contribution in [0.4, 0.5) is 0 Å². The molecule has 0 aromatic heterocycles. The number of ether oxygens (including phenoxy) is 2. The number of carbonyl (C=O) groups excluding carboxylic acids is 2. The van der Waals surface area contributed by atoms with E-state index in [2.05, 4.69) is 79.1 Å². The summed E-state index contributed by atoms with van der Waals surface area (Å²) in [6, 6.07) is -1.53. The monoisotopic (exact) mass is 810 g/mol. The summed E-state index contributed by atoms with van der Waals surface area (Å²) in [5.74, 6) is -2.44. The number of hydrogen-bond donors (Lipinski definition) is 3. The van der Waals surface area contributed by atoms with Gasteiger partial charge in [-0.1, -0.05) is 139 Å². The molecule has 0 amide bonds. The smallest absolute Gasteiger partial charge is 0.472 e. The Hall–Kier alpha value is -2.82. The van der Waals surface area contributed by atoms with E-state index in [1.54, 1.807) is 0 Å². The molecule has 0 saturated heterocycles. The largest absolute Gasteiger partial charge is 0.480 e. The van der Waals surface area contributed by atoms with Crippen LogP contribution in [-0.2, 0) is 37.5 Å². The first-order chi connectivity index (χ1) is 27.1. The molecule has 0 fully saturated rings. The second-order valence-electron chi connectivity index (χ2n) is 14.1. The number of phosphoric ester groups is 1. The Morgan fingerprint density at radius 2 is 1.00 bits per heavy atom. The first-order valence-electron chi connectivity index (χ1n) is 21.3. The van der Waals surface area contributed by atoms with Crippen LogP contribution < -0.4 is 5.73 Å². The van der Waals surface area contributed by atoms with Crippen LogP contribution in [0.2, 0.25) is 0 Å². The minimum absolute atomic E-state index is 0.147. The highest BCUT2D eigenvalue weighted by molar-refractivity contribution is 7.47. The van der Waals surface area contributed by atoms with Gasteiger partial charge in [-0.15, -0.1) is 0 Å². The SMILES string of the molecule is CC/C=C/C/C=C/C/C=C/C/C=C/CCCCC(=O)OC[C@H](COP(=O)(O)OC[C@H](N)C(=O)O)OC(=O)CCCCCCCCCCC/C=C/CCCCCC. The van der Waals surface area contributed by atoms with Crippen LogP contribution >= 0.6 is 7.82 Å². The van der Waals surface area contributed by atoms with Gasteiger partial charge < -0.3 is 25.2 Å². The Kier molecular flexibility index (Phi) is 37.1. The summed E-state index contributed by atoms with van der Waals surface area (Å²) < 4.78 is 32.6. The molecule has 0 saturated carbocycles. The van der Waals surface area contributed by atoms with Crippen LogP contribution in [0.5, 0.6) is 0 Å². The normalized spacial score (nSPS) is 14.4. The predicted octanol–water partition coefficient (Wildman–Crippen LogP) is 11.2. The number of phosphoric acid groups is 1. The Morgan fingerprint density at radius 3 is 1.55 bits per heavy atom. The molecule has 11 nitrogen and oxygen atoms in total. The lowest BCUT2D eigenvalue weighted by Crippen LogP contribution is -2.34. The quantitative estimate of drug-likeness (QED) is 0.0233. The van der Waals surface area contributed by atoms with Crippen molar-refractivity contribution in [2.24, 2.45) is 5.73 Å². The molecule has 0 aliphatic rings. The second-order valence-corrected chi connectivity index (χ2v) is 15.5. The van der Waals surface area contributed by atoms with Gasteiger partial charge in [0.25, 0.3) is 0 Å². The lowest BCUT2D eigenvalue weighted by Gasteiger charge is -2.20. The molecule has 0 bridgehead atoms. The molecule has 0 aliphatic carbocycles. The predicted molar refractivity (Wildman–Crippen MR) is 226 cm³/mol. The fraction of sp³-hybridized carbons (Fsp3) is 0.705. The molecule has 0 spiro atoms. The van der Waals surface area contributed by atoms with E-state index in [1.165, 1.54) is 70.6 Å². The average Bonchev–Trinajstić information content (AvgIpc) is 3.17. The number of rotatable bonds is 39. The highest BCUT2D eigenvalue weighted by Crippen LogP contribution is 2.43. The van der Waals surface area contributed by atoms with E-state index in [-0.39, 0.29) is 19.4 Å². The maximum Gasteiger partial charge on any atom is 0.472 e. The minimum Gasteiger partial charge on any atom is -0.480 e. The molecule has 56 heavy (non-hydrogen) atoms. The van der Waals surface area contributed by atoms with Crippen LogP contribution in [0.1, 0.15) is 168 Å². The molecule has 0 heterocycles. The summed E-state index contributed by atoms with van der Waals surface area (Å²) in [5.41, 5.74) is 5.33. The zero-order valence-corrected chi connectivity index (χ0v) is 35.6. The minimum atomic E-state index is -4.73. The molecular formula is C44H76NO10P. The van der Waals surface area contributed by atoms with Crippen molar-refractivity contribution in [1.82, 2.24) is 0 Å². The van der Waals surface area contributed by atoms with Gasteiger partial charge in [0.15, 0.2) is 6.10 Å². The summed E-state index contributed by atoms with van der Waals surface area (Å²) in [7, 11) is -4.73. The summed E-state index contributed by atoms with van der Waals surface area (Å²) in [5, 5.41) is 8.88. The van der Waals surface area contributed by atoms with Crippen LogP contribution in [0.15, 0.2) is 60.8 Å². The van der Waals surface area contributed by atoms with Gasteiger partial charge in [0, 0.05) is 12.8 Å². The number of carboxylic acid groups (broad SMARTS) is 1. The fourth-order valence-electron chi connectivity index (χ4n) is 5.40. The molecule has 0 radical (unpaired) electrons. The third kappa shape index (κ3) is 38.1. The van der Waals surface area contributed by atoms with Crippen molar-refractivity contribution in [2.45, 2.75) is 180 Å². The van der Waals surface area contributed by atoms with Gasteiger partial charge in [-0.05, 0) is 77.0 Å². The molecular weight excluding hydrogens is 733 g/mol. The van der Waals surface area contributed by atoms with Gasteiger partial charge >= 0.3 is 25.7 Å². The van der Waals surface area contributed by atoms with Crippen molar-refractivity contribution < 1.29 is 47.5 Å². The Balaban J connectivity index is 4.44. The van der Waals surface area contributed by atoms with Gasteiger partial charge in [0.2, 0.25) is 0 Å². The number of unbranched alkanes of at least 4 members (excludes halogenated alkanes) is 15. The molecule has 0 aromatic carbocycles. The molecule has 4 N–H and O–H groups in total. The van der Waals surface area contributed by atoms with Crippen molar-refractivity contribution >= 4 is 25.7 Å². The number of hydrogen-bond acceptors (Lipinski definition) is 9. The van der Waals surface area contributed by atoms with E-state index in [4.69, 9.17) is 24.8 Å². The van der Waals surface area contributed by atoms with Crippen molar-refractivity contribution in [2.75, 3.05) is 19.8 Å². The number of allylic oxidation sites excluding steroid dienone is 10. The summed E-state index contributed by atoms with van der Waals surface area (Å²) in [6.07, 6.45) is 44.3. The third-order valence-electron chi connectivity index (χ3n) is 8.75. The Labute approximate surface area is 338 Å². The van der Waals surface area contributed by atoms with Crippen molar-refractivity contribution in [3.05, 3.63) is 60.8 Å². The maximum absolute atomic E-state index is 12.6. The molecule has 0 aromatic rings. The van der Waals surface area contributed by atoms with Gasteiger partial charge in [-0.3, -0.25) is 23.4 Å². The number of nitrogens with two attached hydrogens (primary N) is 1. The molecule has 1 unspecified atom stereocenters. The standard InChI is InChI=1S/C44H76NO10P/c1-3-5-7-9-11-13-15-17-19-20-22-24-26-28-30-32-34-36-43(47)55-40(38-53-56(50,51)54-39-41(45)44(48)49)37-52-42(46)35-33-31-29-27-25-23-21-18-16-14-12-10-8-6-4-2/h6,8,12-15,18,21,25,27,40-41H,3-5,7,9-11,16-17,19-20,22-24,26,28-39,45H2,1-2H3,(H,48,49)(H,50,51)/b8-6+,14-12+,15-13+,21-18+,27-25+/t40-,41+/m1/s1. The zero-order valence-electron chi connectivity index (χ0n) is 34.7. The molecule has 3 atom stereocenters. The fourth-order valence-corrected chi connectivity index (χ4v) is 6.18. The van der Waals surface area contributed by atoms with Gasteiger partial charge in [-0.25, -0.2) is 4.57 Å². The van der Waals surface area contributed by atoms with Crippen molar-refractivity contribution in [3.8, 4) is 0 Å². The number of carbonyl (C=O) groups is 3. The lowest BCUT2D eigenvalue weighted by atomic mass is 10.1. The van der Waals surface area contributed by atoms with E-state index in [9.17, 15) is 23.8 Å². The van der Waals surface area contributed by atoms with Gasteiger partial charge in [0.1, 0.15) is 12.6 Å². The first-order valence-corrected chi connectivity index (χ1v) is 22.8. The van der Waals surface area contributed by atoms with E-state index in [0.717, 1.165) is 57.8 Å². The number of carboxylic acids is 1. The third-order valence-corrected chi connectivity index (χ3v) is 9.70. The Bertz CT molecular complexity index is 1180. The van der Waals surface area contributed by atoms with Crippen molar-refractivity contribution in [1.29, 1.82) is 0 Å². The van der Waals surface area contributed by atoms with E-state index < -0.39 is 51.1 Å². The maximum atomic E-state index is 12.6. The van der Waals surface area contributed by atoms with E-state index >= 15 is 0 Å². The van der Waals surface area contributed by atoms with Crippen LogP contribution in [-0.4, -0.2) is 59.9 Å². The second kappa shape index (κ2) is 39.0. The van der Waals surface area contributed by atoms with Crippen LogP contribution in [0.25, 0.3) is 0 Å². The molecule has 0 aliphatic heterocycles. The van der Waals surface area contributed by atoms with Gasteiger partial charge in [-0.2, -0.15) is 0 Å². The Morgan fingerprint density at radius 1 is 0.571 bits per heavy atom. The summed E-state index contributed by atoms with van der Waals surface area (Å²) >= 11 is 0. The summed E-state index contributed by atoms with van der Waals surface area (Å²) in [6.45, 7) is 2.62. The number of aliphatic carboxylic acids is 1. The summed E-state index contributed by atoms with van der Waals surface area (Å²) in [4.78, 5) is 45.9.